The predicted molar refractivity (Wildman–Crippen MR) is 66.0 cm³/mol. The Morgan fingerprint density at radius 3 is 2.33 bits per heavy atom. The van der Waals surface area contributed by atoms with E-state index in [-0.39, 0.29) is 0 Å². The molecule has 0 amide bonds. The Bertz CT molecular complexity index is 357. The fourth-order valence-corrected chi connectivity index (χ4v) is 2.08. The van der Waals surface area contributed by atoms with Gasteiger partial charge in [0, 0.05) is 16.8 Å². The first-order valence-corrected chi connectivity index (χ1v) is 5.84. The van der Waals surface area contributed by atoms with Crippen molar-refractivity contribution in [1.82, 2.24) is 0 Å². The molecule has 1 nitrogen and oxygen atoms in total. The zero-order valence-electron chi connectivity index (χ0n) is 9.20. The molecule has 0 aromatic heterocycles. The van der Waals surface area contributed by atoms with Gasteiger partial charge in [-0.15, -0.1) is 0 Å². The summed E-state index contributed by atoms with van der Waals surface area (Å²) in [6, 6.07) is 8.62. The lowest BCUT2D eigenvalue weighted by molar-refractivity contribution is 0.643. The molecule has 2 rings (SSSR count). The largest absolute Gasteiger partial charge is 0.291 e. The summed E-state index contributed by atoms with van der Waals surface area (Å²) in [4.78, 5) is 4.57. The zero-order valence-corrected chi connectivity index (χ0v) is 9.96. The summed E-state index contributed by atoms with van der Waals surface area (Å²) in [6.07, 6.45) is 2.25. The molecule has 0 spiro atoms. The highest BCUT2D eigenvalue weighted by molar-refractivity contribution is 6.30. The molecule has 0 heterocycles. The van der Waals surface area contributed by atoms with Crippen LogP contribution in [0.25, 0.3) is 0 Å². The normalized spacial score (nSPS) is 20.3. The van der Waals surface area contributed by atoms with Crippen molar-refractivity contribution in [3.8, 4) is 0 Å². The van der Waals surface area contributed by atoms with Crippen LogP contribution in [0, 0.1) is 0 Å². The van der Waals surface area contributed by atoms with E-state index in [1.165, 1.54) is 11.3 Å². The number of hydrogen-bond donors (Lipinski definition) is 0. The van der Waals surface area contributed by atoms with E-state index >= 15 is 0 Å². The average Bonchev–Trinajstić information content (AvgIpc) is 2.12. The Hall–Kier alpha value is -0.820. The summed E-state index contributed by atoms with van der Waals surface area (Å²) in [5, 5.41) is 0.814. The number of aliphatic imine (C=N–C) groups is 1. The quantitative estimate of drug-likeness (QED) is 0.714. The van der Waals surface area contributed by atoms with E-state index in [4.69, 9.17) is 11.6 Å². The second-order valence-corrected chi connectivity index (χ2v) is 4.88. The molecule has 0 aliphatic heterocycles. The zero-order chi connectivity index (χ0) is 10.8. The van der Waals surface area contributed by atoms with Crippen LogP contribution in [-0.2, 0) is 0 Å². The van der Waals surface area contributed by atoms with Gasteiger partial charge in [0.25, 0.3) is 0 Å². The highest BCUT2D eigenvalue weighted by Gasteiger charge is 2.25. The standard InChI is InChI=1S/C13H16ClN/c1-9(2)15-13-7-11(8-13)10-3-5-12(14)6-4-10/h3-6,9,11H,7-8H2,1-2H3. The van der Waals surface area contributed by atoms with Crippen LogP contribution in [-0.4, -0.2) is 11.8 Å². The van der Waals surface area contributed by atoms with Gasteiger partial charge in [-0.25, -0.2) is 0 Å². The molecule has 15 heavy (non-hydrogen) atoms. The Morgan fingerprint density at radius 1 is 1.20 bits per heavy atom. The molecule has 80 valence electrons. The third kappa shape index (κ3) is 2.60. The molecule has 1 aliphatic rings. The van der Waals surface area contributed by atoms with Crippen molar-refractivity contribution in [3.05, 3.63) is 34.9 Å². The van der Waals surface area contributed by atoms with Gasteiger partial charge in [0.1, 0.15) is 0 Å². The maximum atomic E-state index is 5.85. The van der Waals surface area contributed by atoms with Crippen LogP contribution < -0.4 is 0 Å². The first-order valence-electron chi connectivity index (χ1n) is 5.46. The third-order valence-corrected chi connectivity index (χ3v) is 3.00. The number of halogens is 1. The van der Waals surface area contributed by atoms with Crippen molar-refractivity contribution in [1.29, 1.82) is 0 Å². The second kappa shape index (κ2) is 4.36. The van der Waals surface area contributed by atoms with E-state index in [0.717, 1.165) is 17.9 Å². The van der Waals surface area contributed by atoms with Crippen LogP contribution in [0.3, 0.4) is 0 Å². The smallest absolute Gasteiger partial charge is 0.0442 e. The van der Waals surface area contributed by atoms with Gasteiger partial charge in [0.05, 0.1) is 0 Å². The van der Waals surface area contributed by atoms with Gasteiger partial charge in [0.15, 0.2) is 0 Å². The first kappa shape index (κ1) is 10.7. The Balaban J connectivity index is 1.97. The lowest BCUT2D eigenvalue weighted by Crippen LogP contribution is -2.22. The maximum Gasteiger partial charge on any atom is 0.0442 e. The van der Waals surface area contributed by atoms with E-state index in [1.54, 1.807) is 0 Å². The molecule has 0 atom stereocenters. The highest BCUT2D eigenvalue weighted by Crippen LogP contribution is 2.35. The summed E-state index contributed by atoms with van der Waals surface area (Å²) in [6.45, 7) is 4.26. The molecule has 1 saturated carbocycles. The Kier molecular flexibility index (Phi) is 3.11. The van der Waals surface area contributed by atoms with Gasteiger partial charge in [-0.3, -0.25) is 4.99 Å². The molecule has 1 aromatic rings. The fraction of sp³-hybridized carbons (Fsp3) is 0.462. The van der Waals surface area contributed by atoms with E-state index in [2.05, 4.69) is 31.0 Å². The monoisotopic (exact) mass is 221 g/mol. The van der Waals surface area contributed by atoms with Gasteiger partial charge in [-0.2, -0.15) is 0 Å². The van der Waals surface area contributed by atoms with Gasteiger partial charge >= 0.3 is 0 Å². The number of nitrogens with zero attached hydrogens (tertiary/aromatic N) is 1. The number of rotatable bonds is 2. The minimum Gasteiger partial charge on any atom is -0.291 e. The summed E-state index contributed by atoms with van der Waals surface area (Å²) < 4.78 is 0. The van der Waals surface area contributed by atoms with Gasteiger partial charge in [-0.05, 0) is 50.3 Å². The summed E-state index contributed by atoms with van der Waals surface area (Å²) in [7, 11) is 0. The van der Waals surface area contributed by atoms with Gasteiger partial charge < -0.3 is 0 Å². The van der Waals surface area contributed by atoms with E-state index in [1.807, 2.05) is 12.1 Å². The minimum absolute atomic E-state index is 0.436. The van der Waals surface area contributed by atoms with E-state index in [9.17, 15) is 0 Å². The molecular weight excluding hydrogens is 206 g/mol. The Morgan fingerprint density at radius 2 is 1.80 bits per heavy atom. The van der Waals surface area contributed by atoms with E-state index < -0.39 is 0 Å². The minimum atomic E-state index is 0.436. The van der Waals surface area contributed by atoms with Gasteiger partial charge in [-0.1, -0.05) is 23.7 Å². The molecular formula is C13H16ClN. The summed E-state index contributed by atoms with van der Waals surface area (Å²) in [5.74, 6) is 0.666. The first-order chi connectivity index (χ1) is 7.15. The van der Waals surface area contributed by atoms with Crippen LogP contribution in [0.5, 0.6) is 0 Å². The van der Waals surface area contributed by atoms with Crippen LogP contribution in [0.4, 0.5) is 0 Å². The van der Waals surface area contributed by atoms with Crippen molar-refractivity contribution < 1.29 is 0 Å². The summed E-state index contributed by atoms with van der Waals surface area (Å²) in [5.41, 5.74) is 2.76. The fourth-order valence-electron chi connectivity index (χ4n) is 1.95. The molecule has 0 saturated heterocycles. The molecule has 1 aliphatic carbocycles. The molecule has 1 aromatic carbocycles. The van der Waals surface area contributed by atoms with Crippen molar-refractivity contribution in [2.45, 2.75) is 38.6 Å². The average molecular weight is 222 g/mol. The predicted octanol–water partition coefficient (Wildman–Crippen LogP) is 4.07. The van der Waals surface area contributed by atoms with Crippen LogP contribution >= 0.6 is 11.6 Å². The molecule has 1 fully saturated rings. The number of hydrogen-bond acceptors (Lipinski definition) is 1. The topological polar surface area (TPSA) is 12.4 Å². The van der Waals surface area contributed by atoms with Crippen molar-refractivity contribution in [2.24, 2.45) is 4.99 Å². The molecule has 0 N–H and O–H groups in total. The SMILES string of the molecule is CC(C)N=C1CC(c2ccc(Cl)cc2)C1. The highest BCUT2D eigenvalue weighted by atomic mass is 35.5. The molecule has 0 bridgehead atoms. The van der Waals surface area contributed by atoms with Crippen LogP contribution in [0.2, 0.25) is 5.02 Å². The Labute approximate surface area is 96.2 Å². The molecule has 0 unspecified atom stereocenters. The molecule has 0 radical (unpaired) electrons. The maximum absolute atomic E-state index is 5.85. The van der Waals surface area contributed by atoms with E-state index in [0.29, 0.717) is 12.0 Å². The van der Waals surface area contributed by atoms with Gasteiger partial charge in [0.2, 0.25) is 0 Å². The lowest BCUT2D eigenvalue weighted by Gasteiger charge is -2.29. The number of benzene rings is 1. The lowest BCUT2D eigenvalue weighted by atomic mass is 9.78. The molecule has 2 heteroatoms. The summed E-state index contributed by atoms with van der Waals surface area (Å²) >= 11 is 5.85. The van der Waals surface area contributed by atoms with Crippen molar-refractivity contribution in [2.75, 3.05) is 0 Å². The van der Waals surface area contributed by atoms with Crippen LogP contribution in [0.15, 0.2) is 29.3 Å². The third-order valence-electron chi connectivity index (χ3n) is 2.75. The van der Waals surface area contributed by atoms with Crippen molar-refractivity contribution in [3.63, 3.8) is 0 Å². The van der Waals surface area contributed by atoms with Crippen molar-refractivity contribution >= 4 is 17.3 Å². The second-order valence-electron chi connectivity index (χ2n) is 4.45. The van der Waals surface area contributed by atoms with Crippen LogP contribution in [0.1, 0.15) is 38.2 Å².